The van der Waals surface area contributed by atoms with Crippen LogP contribution < -0.4 is 0 Å². The Kier molecular flexibility index (Phi) is 5.02. The van der Waals surface area contributed by atoms with Crippen LogP contribution >= 0.6 is 11.3 Å². The Balaban J connectivity index is 2.97. The molecule has 0 bridgehead atoms. The van der Waals surface area contributed by atoms with E-state index in [4.69, 9.17) is 5.11 Å². The van der Waals surface area contributed by atoms with Gasteiger partial charge in [-0.15, -0.1) is 24.5 Å². The summed E-state index contributed by atoms with van der Waals surface area (Å²) in [6, 6.07) is 0. The molecular formula is C9H9F3N4O3S. The Labute approximate surface area is 115 Å². The van der Waals surface area contributed by atoms with E-state index in [1.54, 1.807) is 19.0 Å². The number of aliphatic carboxylic acids is 1. The fraction of sp³-hybridized carbons (Fsp3) is 0.333. The highest BCUT2D eigenvalue weighted by Gasteiger charge is 2.32. The number of carboxylic acids is 1. The number of aliphatic imine (C=N–C) groups is 1. The van der Waals surface area contributed by atoms with Crippen LogP contribution in [0.3, 0.4) is 0 Å². The molecule has 0 aliphatic carbocycles. The molecule has 0 unspecified atom stereocenters. The van der Waals surface area contributed by atoms with Crippen LogP contribution in [0.5, 0.6) is 0 Å². The Bertz CT molecular complexity index is 539. The zero-order valence-electron chi connectivity index (χ0n) is 10.2. The van der Waals surface area contributed by atoms with Crippen LogP contribution in [-0.2, 0) is 9.63 Å². The lowest BCUT2D eigenvalue weighted by molar-refractivity contribution is -0.325. The van der Waals surface area contributed by atoms with Crippen LogP contribution in [-0.4, -0.2) is 53.5 Å². The number of thiazole rings is 1. The number of nitrogens with zero attached hydrogens (tertiary/aromatic N) is 4. The Morgan fingerprint density at radius 2 is 2.20 bits per heavy atom. The minimum absolute atomic E-state index is 0.176. The fourth-order valence-electron chi connectivity index (χ4n) is 0.890. The van der Waals surface area contributed by atoms with E-state index in [1.807, 2.05) is 0 Å². The van der Waals surface area contributed by atoms with E-state index in [9.17, 15) is 18.0 Å². The third kappa shape index (κ3) is 5.22. The maximum Gasteiger partial charge on any atom is 0.593 e. The van der Waals surface area contributed by atoms with Crippen molar-refractivity contribution in [1.29, 1.82) is 0 Å². The maximum atomic E-state index is 11.8. The van der Waals surface area contributed by atoms with E-state index in [0.717, 1.165) is 11.3 Å². The predicted octanol–water partition coefficient (Wildman–Crippen LogP) is 1.69. The monoisotopic (exact) mass is 310 g/mol. The van der Waals surface area contributed by atoms with Gasteiger partial charge < -0.3 is 10.0 Å². The molecule has 110 valence electrons. The highest BCUT2D eigenvalue weighted by atomic mass is 32.1. The van der Waals surface area contributed by atoms with Gasteiger partial charge in [0.25, 0.3) is 0 Å². The molecule has 0 fully saturated rings. The quantitative estimate of drug-likeness (QED) is 0.508. The average Bonchev–Trinajstić information content (AvgIpc) is 2.73. The van der Waals surface area contributed by atoms with E-state index < -0.39 is 18.0 Å². The first-order chi connectivity index (χ1) is 9.19. The fourth-order valence-corrected chi connectivity index (χ4v) is 1.53. The van der Waals surface area contributed by atoms with E-state index in [0.29, 0.717) is 0 Å². The van der Waals surface area contributed by atoms with Gasteiger partial charge in [-0.25, -0.2) is 14.8 Å². The highest BCUT2D eigenvalue weighted by molar-refractivity contribution is 7.13. The summed E-state index contributed by atoms with van der Waals surface area (Å²) in [7, 11) is 3.42. The third-order valence-corrected chi connectivity index (χ3v) is 2.33. The minimum Gasteiger partial charge on any atom is -0.476 e. The smallest absolute Gasteiger partial charge is 0.476 e. The Morgan fingerprint density at radius 3 is 2.70 bits per heavy atom. The minimum atomic E-state index is -5.07. The summed E-state index contributed by atoms with van der Waals surface area (Å²) >= 11 is 0.954. The van der Waals surface area contributed by atoms with Crippen molar-refractivity contribution < 1.29 is 27.9 Å². The first kappa shape index (κ1) is 15.9. The van der Waals surface area contributed by atoms with Crippen LogP contribution in [0.25, 0.3) is 0 Å². The largest absolute Gasteiger partial charge is 0.593 e. The van der Waals surface area contributed by atoms with Gasteiger partial charge in [-0.3, -0.25) is 4.84 Å². The predicted molar refractivity (Wildman–Crippen MR) is 65.3 cm³/mol. The summed E-state index contributed by atoms with van der Waals surface area (Å²) in [5.74, 6) is -1.69. The molecule has 0 radical (unpaired) electrons. The molecule has 0 saturated heterocycles. The Hall–Kier alpha value is -2.17. The van der Waals surface area contributed by atoms with Crippen molar-refractivity contribution in [1.82, 2.24) is 9.88 Å². The number of halogens is 3. The number of aromatic nitrogens is 1. The number of carbonyl (C=O) groups is 1. The number of hydrogen-bond donors (Lipinski definition) is 1. The van der Waals surface area contributed by atoms with Crippen molar-refractivity contribution in [2.45, 2.75) is 6.36 Å². The highest BCUT2D eigenvalue weighted by Crippen LogP contribution is 2.21. The molecule has 1 heterocycles. The molecule has 20 heavy (non-hydrogen) atoms. The van der Waals surface area contributed by atoms with Gasteiger partial charge in [-0.05, 0) is 0 Å². The second kappa shape index (κ2) is 6.32. The number of oxime groups is 1. The molecule has 7 nitrogen and oxygen atoms in total. The van der Waals surface area contributed by atoms with Gasteiger partial charge in [-0.1, -0.05) is 5.16 Å². The number of carboxylic acid groups (broad SMARTS) is 1. The first-order valence-electron chi connectivity index (χ1n) is 4.92. The SMILES string of the molecule is CN(C)C=Nc1nc(/C(=N\OC(F)(F)F)C(=O)O)cs1. The van der Waals surface area contributed by atoms with Crippen LogP contribution in [0, 0.1) is 0 Å². The summed E-state index contributed by atoms with van der Waals surface area (Å²) in [6.45, 7) is 0. The topological polar surface area (TPSA) is 87.4 Å². The van der Waals surface area contributed by atoms with Crippen molar-refractivity contribution in [2.24, 2.45) is 10.1 Å². The van der Waals surface area contributed by atoms with Crippen molar-refractivity contribution in [3.8, 4) is 0 Å². The number of hydrogen-bond acceptors (Lipinski definition) is 6. The van der Waals surface area contributed by atoms with E-state index in [1.165, 1.54) is 11.7 Å². The molecule has 0 saturated carbocycles. The van der Waals surface area contributed by atoms with Gasteiger partial charge in [0.1, 0.15) is 5.69 Å². The average molecular weight is 310 g/mol. The molecular weight excluding hydrogens is 301 g/mol. The lowest BCUT2D eigenvalue weighted by Gasteiger charge is -2.02. The van der Waals surface area contributed by atoms with Crippen molar-refractivity contribution in [3.05, 3.63) is 11.1 Å². The molecule has 11 heteroatoms. The van der Waals surface area contributed by atoms with Gasteiger partial charge in [0, 0.05) is 19.5 Å². The van der Waals surface area contributed by atoms with Crippen LogP contribution in [0.15, 0.2) is 15.5 Å². The van der Waals surface area contributed by atoms with Crippen LogP contribution in [0.1, 0.15) is 5.69 Å². The molecule has 0 aliphatic rings. The van der Waals surface area contributed by atoms with Gasteiger partial charge in [0.15, 0.2) is 0 Å². The maximum absolute atomic E-state index is 11.8. The van der Waals surface area contributed by atoms with Crippen LogP contribution in [0.4, 0.5) is 18.3 Å². The molecule has 0 atom stereocenters. The lowest BCUT2D eigenvalue weighted by Crippen LogP contribution is -2.18. The number of alkyl halides is 3. The molecule has 0 amide bonds. The normalized spacial score (nSPS) is 12.8. The van der Waals surface area contributed by atoms with E-state index in [-0.39, 0.29) is 10.8 Å². The standard InChI is InChI=1S/C9H9F3N4O3S/c1-16(2)4-13-8-14-5(3-20-8)6(7(17)18)15-19-9(10,11)12/h3-4H,1-2H3,(H,17,18)/b13-4?,15-6+. The zero-order chi connectivity index (χ0) is 15.3. The van der Waals surface area contributed by atoms with Gasteiger partial charge in [0.05, 0.1) is 6.34 Å². The first-order valence-corrected chi connectivity index (χ1v) is 5.79. The van der Waals surface area contributed by atoms with Crippen molar-refractivity contribution in [2.75, 3.05) is 14.1 Å². The van der Waals surface area contributed by atoms with Crippen molar-refractivity contribution in [3.63, 3.8) is 0 Å². The summed E-state index contributed by atoms with van der Waals surface area (Å²) in [6.07, 6.45) is -3.66. The van der Waals surface area contributed by atoms with E-state index >= 15 is 0 Å². The summed E-state index contributed by atoms with van der Waals surface area (Å²) in [5.41, 5.74) is -1.22. The summed E-state index contributed by atoms with van der Waals surface area (Å²) in [5, 5.41) is 12.7. The summed E-state index contributed by atoms with van der Waals surface area (Å²) in [4.78, 5) is 23.2. The molecule has 1 aromatic rings. The Morgan fingerprint density at radius 1 is 1.55 bits per heavy atom. The van der Waals surface area contributed by atoms with Gasteiger partial charge in [0.2, 0.25) is 10.8 Å². The molecule has 1 rings (SSSR count). The number of rotatable bonds is 5. The molecule has 0 aromatic carbocycles. The van der Waals surface area contributed by atoms with Gasteiger partial charge >= 0.3 is 12.3 Å². The summed E-state index contributed by atoms with van der Waals surface area (Å²) < 4.78 is 35.5. The molecule has 1 aromatic heterocycles. The second-order valence-corrected chi connectivity index (χ2v) is 4.34. The van der Waals surface area contributed by atoms with Gasteiger partial charge in [-0.2, -0.15) is 0 Å². The molecule has 0 aliphatic heterocycles. The molecule has 0 spiro atoms. The third-order valence-electron chi connectivity index (χ3n) is 1.58. The van der Waals surface area contributed by atoms with Crippen LogP contribution in [0.2, 0.25) is 0 Å². The zero-order valence-corrected chi connectivity index (χ0v) is 11.1. The second-order valence-electron chi connectivity index (χ2n) is 3.51. The van der Waals surface area contributed by atoms with E-state index in [2.05, 4.69) is 20.0 Å². The van der Waals surface area contributed by atoms with Crippen molar-refractivity contribution >= 4 is 34.5 Å². The lowest BCUT2D eigenvalue weighted by atomic mass is 10.3. The molecule has 1 N–H and O–H groups in total.